The van der Waals surface area contributed by atoms with Crippen LogP contribution in [0.5, 0.6) is 0 Å². The summed E-state index contributed by atoms with van der Waals surface area (Å²) in [5.74, 6) is -3.71. The van der Waals surface area contributed by atoms with Crippen molar-refractivity contribution < 1.29 is 23.1 Å². The highest BCUT2D eigenvalue weighted by atomic mass is 19.2. The Labute approximate surface area is 131 Å². The van der Waals surface area contributed by atoms with Gasteiger partial charge >= 0.3 is 6.03 Å². The summed E-state index contributed by atoms with van der Waals surface area (Å²) in [6.07, 6.45) is -0.501. The second-order valence-electron chi connectivity index (χ2n) is 4.92. The van der Waals surface area contributed by atoms with Crippen molar-refractivity contribution in [3.05, 3.63) is 65.5 Å². The Morgan fingerprint density at radius 3 is 2.39 bits per heavy atom. The van der Waals surface area contributed by atoms with Gasteiger partial charge in [-0.3, -0.25) is 0 Å². The summed E-state index contributed by atoms with van der Waals surface area (Å²) < 4.78 is 39.2. The standard InChI is InChI=1S/C16H15F3N2O2/c17-12-7-14(19)15(8-13(12)18)21-16(23)20-9-11(22)6-10-4-2-1-3-5-10/h1-5,7-8,11,22H,6,9H2,(H2,20,21,23). The molecule has 0 aliphatic carbocycles. The van der Waals surface area contributed by atoms with Crippen LogP contribution in [0, 0.1) is 17.5 Å². The van der Waals surface area contributed by atoms with Crippen molar-refractivity contribution in [3.8, 4) is 0 Å². The molecule has 0 radical (unpaired) electrons. The van der Waals surface area contributed by atoms with Gasteiger partial charge in [0.2, 0.25) is 0 Å². The molecule has 0 spiro atoms. The Hall–Kier alpha value is -2.54. The number of carbonyl (C=O) groups is 1. The number of benzene rings is 2. The lowest BCUT2D eigenvalue weighted by atomic mass is 10.1. The van der Waals surface area contributed by atoms with Gasteiger partial charge in [-0.1, -0.05) is 30.3 Å². The van der Waals surface area contributed by atoms with Gasteiger partial charge in [-0.15, -0.1) is 0 Å². The molecule has 0 saturated heterocycles. The smallest absolute Gasteiger partial charge is 0.319 e. The van der Waals surface area contributed by atoms with E-state index >= 15 is 0 Å². The van der Waals surface area contributed by atoms with Crippen LogP contribution in [0.25, 0.3) is 0 Å². The molecule has 0 aromatic heterocycles. The molecule has 3 N–H and O–H groups in total. The van der Waals surface area contributed by atoms with Crippen LogP contribution in [0.2, 0.25) is 0 Å². The number of carbonyl (C=O) groups excluding carboxylic acids is 1. The minimum absolute atomic E-state index is 0.0774. The second-order valence-corrected chi connectivity index (χ2v) is 4.92. The number of nitrogens with one attached hydrogen (secondary N) is 2. The molecular weight excluding hydrogens is 309 g/mol. The van der Waals surface area contributed by atoms with E-state index in [0.717, 1.165) is 5.56 Å². The summed E-state index contributed by atoms with van der Waals surface area (Å²) in [4.78, 5) is 11.6. The van der Waals surface area contributed by atoms with E-state index in [0.29, 0.717) is 18.6 Å². The summed E-state index contributed by atoms with van der Waals surface area (Å²) in [7, 11) is 0. The summed E-state index contributed by atoms with van der Waals surface area (Å²) >= 11 is 0. The van der Waals surface area contributed by atoms with Gasteiger partial charge in [0.15, 0.2) is 11.6 Å². The van der Waals surface area contributed by atoms with Crippen LogP contribution >= 0.6 is 0 Å². The molecule has 0 saturated carbocycles. The molecule has 0 aliphatic rings. The zero-order valence-corrected chi connectivity index (χ0v) is 12.0. The molecule has 2 aromatic carbocycles. The predicted molar refractivity (Wildman–Crippen MR) is 79.5 cm³/mol. The first-order chi connectivity index (χ1) is 11.0. The number of aliphatic hydroxyl groups excluding tert-OH is 1. The Morgan fingerprint density at radius 1 is 1.04 bits per heavy atom. The minimum Gasteiger partial charge on any atom is -0.391 e. The molecule has 0 aliphatic heterocycles. The van der Waals surface area contributed by atoms with Gasteiger partial charge in [-0.05, 0) is 5.56 Å². The van der Waals surface area contributed by atoms with Crippen molar-refractivity contribution in [2.24, 2.45) is 0 Å². The molecule has 2 rings (SSSR count). The average Bonchev–Trinajstić information content (AvgIpc) is 2.51. The first kappa shape index (κ1) is 16.8. The van der Waals surface area contributed by atoms with E-state index in [1.165, 1.54) is 0 Å². The second kappa shape index (κ2) is 7.64. The first-order valence-corrected chi connectivity index (χ1v) is 6.87. The van der Waals surface area contributed by atoms with E-state index in [-0.39, 0.29) is 6.54 Å². The fourth-order valence-corrected chi connectivity index (χ4v) is 1.95. The van der Waals surface area contributed by atoms with Crippen LogP contribution < -0.4 is 10.6 Å². The van der Waals surface area contributed by atoms with Crippen LogP contribution in [0.3, 0.4) is 0 Å². The van der Waals surface area contributed by atoms with Gasteiger partial charge in [0.25, 0.3) is 0 Å². The van der Waals surface area contributed by atoms with Gasteiger partial charge in [0.1, 0.15) is 5.82 Å². The molecule has 0 bridgehead atoms. The summed E-state index contributed by atoms with van der Waals surface area (Å²) in [5.41, 5.74) is 0.410. The van der Waals surface area contributed by atoms with Crippen molar-refractivity contribution in [1.29, 1.82) is 0 Å². The van der Waals surface area contributed by atoms with E-state index in [1.54, 1.807) is 0 Å². The minimum atomic E-state index is -1.34. The molecule has 4 nitrogen and oxygen atoms in total. The van der Waals surface area contributed by atoms with E-state index in [2.05, 4.69) is 10.6 Å². The third kappa shape index (κ3) is 5.00. The lowest BCUT2D eigenvalue weighted by molar-refractivity contribution is 0.172. The van der Waals surface area contributed by atoms with E-state index in [4.69, 9.17) is 0 Å². The average molecular weight is 324 g/mol. The fourth-order valence-electron chi connectivity index (χ4n) is 1.95. The number of amides is 2. The zero-order chi connectivity index (χ0) is 16.8. The predicted octanol–water partition coefficient (Wildman–Crippen LogP) is 2.83. The highest BCUT2D eigenvalue weighted by Gasteiger charge is 2.13. The highest BCUT2D eigenvalue weighted by molar-refractivity contribution is 5.89. The van der Waals surface area contributed by atoms with Gasteiger partial charge in [0.05, 0.1) is 11.8 Å². The van der Waals surface area contributed by atoms with Crippen molar-refractivity contribution in [2.45, 2.75) is 12.5 Å². The monoisotopic (exact) mass is 324 g/mol. The van der Waals surface area contributed by atoms with E-state index < -0.39 is 35.3 Å². The molecule has 1 atom stereocenters. The van der Waals surface area contributed by atoms with Gasteiger partial charge < -0.3 is 15.7 Å². The molecule has 23 heavy (non-hydrogen) atoms. The Bertz CT molecular complexity index is 681. The normalized spacial score (nSPS) is 11.8. The van der Waals surface area contributed by atoms with Crippen LogP contribution in [0.15, 0.2) is 42.5 Å². The maximum absolute atomic E-state index is 13.4. The van der Waals surface area contributed by atoms with Crippen LogP contribution in [-0.4, -0.2) is 23.8 Å². The fraction of sp³-hybridized carbons (Fsp3) is 0.188. The third-order valence-corrected chi connectivity index (χ3v) is 3.07. The highest BCUT2D eigenvalue weighted by Crippen LogP contribution is 2.18. The number of rotatable bonds is 5. The molecular formula is C16H15F3N2O2. The summed E-state index contributed by atoms with van der Waals surface area (Å²) in [6, 6.07) is 9.22. The molecule has 7 heteroatoms. The molecule has 0 heterocycles. The van der Waals surface area contributed by atoms with E-state index in [9.17, 15) is 23.1 Å². The zero-order valence-electron chi connectivity index (χ0n) is 12.0. The topological polar surface area (TPSA) is 61.4 Å². The van der Waals surface area contributed by atoms with Gasteiger partial charge in [0, 0.05) is 25.1 Å². The number of anilines is 1. The van der Waals surface area contributed by atoms with Crippen molar-refractivity contribution in [2.75, 3.05) is 11.9 Å². The summed E-state index contributed by atoms with van der Waals surface area (Å²) in [5, 5.41) is 14.2. The van der Waals surface area contributed by atoms with Crippen LogP contribution in [0.4, 0.5) is 23.7 Å². The largest absolute Gasteiger partial charge is 0.391 e. The van der Waals surface area contributed by atoms with Crippen LogP contribution in [0.1, 0.15) is 5.56 Å². The van der Waals surface area contributed by atoms with Crippen molar-refractivity contribution in [3.63, 3.8) is 0 Å². The number of halogens is 3. The Kier molecular flexibility index (Phi) is 5.59. The molecule has 0 fully saturated rings. The molecule has 2 amide bonds. The van der Waals surface area contributed by atoms with Gasteiger partial charge in [-0.25, -0.2) is 18.0 Å². The van der Waals surface area contributed by atoms with Crippen molar-refractivity contribution >= 4 is 11.7 Å². The Balaban J connectivity index is 1.84. The number of hydrogen-bond donors (Lipinski definition) is 3. The molecule has 2 aromatic rings. The first-order valence-electron chi connectivity index (χ1n) is 6.87. The number of urea groups is 1. The maximum atomic E-state index is 13.4. The maximum Gasteiger partial charge on any atom is 0.319 e. The third-order valence-electron chi connectivity index (χ3n) is 3.07. The number of aliphatic hydroxyl groups is 1. The molecule has 122 valence electrons. The van der Waals surface area contributed by atoms with Crippen LogP contribution in [-0.2, 0) is 6.42 Å². The lowest BCUT2D eigenvalue weighted by Gasteiger charge is -2.13. The quantitative estimate of drug-likeness (QED) is 0.741. The number of hydrogen-bond acceptors (Lipinski definition) is 2. The SMILES string of the molecule is O=C(NCC(O)Cc1ccccc1)Nc1cc(F)c(F)cc1F. The summed E-state index contributed by atoms with van der Waals surface area (Å²) in [6.45, 7) is -0.0774. The van der Waals surface area contributed by atoms with Crippen molar-refractivity contribution in [1.82, 2.24) is 5.32 Å². The lowest BCUT2D eigenvalue weighted by Crippen LogP contribution is -2.36. The Morgan fingerprint density at radius 2 is 1.70 bits per heavy atom. The molecule has 1 unspecified atom stereocenters. The van der Waals surface area contributed by atoms with E-state index in [1.807, 2.05) is 30.3 Å². The van der Waals surface area contributed by atoms with Gasteiger partial charge in [-0.2, -0.15) is 0 Å².